The molecule has 0 radical (unpaired) electrons. The molecule has 3 aromatic heterocycles. The standard InChI is InChI=1S/C16H14BrN3S/c17-11-8-14-16(19-9-11)15(5-6-18-14)20(12-3-4-12)10-13-2-1-7-21-13/h1-2,5-9,12H,3-4,10H2. The van der Waals surface area contributed by atoms with Gasteiger partial charge in [0.05, 0.1) is 17.7 Å². The fraction of sp³-hybridized carbons (Fsp3) is 0.250. The summed E-state index contributed by atoms with van der Waals surface area (Å²) in [5.74, 6) is 0. The zero-order valence-corrected chi connectivity index (χ0v) is 13.8. The van der Waals surface area contributed by atoms with Crippen LogP contribution in [0.2, 0.25) is 0 Å². The van der Waals surface area contributed by atoms with Crippen LogP contribution in [0.3, 0.4) is 0 Å². The van der Waals surface area contributed by atoms with Crippen LogP contribution in [-0.4, -0.2) is 16.0 Å². The van der Waals surface area contributed by atoms with Gasteiger partial charge in [-0.05, 0) is 52.4 Å². The number of hydrogen-bond acceptors (Lipinski definition) is 4. The second kappa shape index (κ2) is 5.39. The maximum absolute atomic E-state index is 4.59. The minimum Gasteiger partial charge on any atom is -0.362 e. The Morgan fingerprint density at radius 2 is 2.19 bits per heavy atom. The predicted octanol–water partition coefficient (Wildman–Crippen LogP) is 4.62. The largest absolute Gasteiger partial charge is 0.362 e. The maximum atomic E-state index is 4.59. The molecule has 1 aliphatic rings. The number of anilines is 1. The van der Waals surface area contributed by atoms with Gasteiger partial charge in [0.15, 0.2) is 0 Å². The monoisotopic (exact) mass is 359 g/mol. The van der Waals surface area contributed by atoms with Gasteiger partial charge in [0.2, 0.25) is 0 Å². The number of fused-ring (bicyclic) bond motifs is 1. The summed E-state index contributed by atoms with van der Waals surface area (Å²) in [4.78, 5) is 12.9. The van der Waals surface area contributed by atoms with Crippen molar-refractivity contribution in [2.24, 2.45) is 0 Å². The fourth-order valence-corrected chi connectivity index (χ4v) is 3.61. The second-order valence-electron chi connectivity index (χ2n) is 5.29. The van der Waals surface area contributed by atoms with Gasteiger partial charge in [-0.15, -0.1) is 11.3 Å². The first-order valence-corrected chi connectivity index (χ1v) is 8.68. The summed E-state index contributed by atoms with van der Waals surface area (Å²) in [6.07, 6.45) is 6.27. The highest BCUT2D eigenvalue weighted by molar-refractivity contribution is 9.10. The number of hydrogen-bond donors (Lipinski definition) is 0. The Morgan fingerprint density at radius 1 is 1.29 bits per heavy atom. The van der Waals surface area contributed by atoms with Crippen LogP contribution in [0.25, 0.3) is 11.0 Å². The summed E-state index contributed by atoms with van der Waals surface area (Å²) in [5, 5.41) is 2.14. The molecule has 1 aliphatic carbocycles. The van der Waals surface area contributed by atoms with Gasteiger partial charge in [0.25, 0.3) is 0 Å². The minimum absolute atomic E-state index is 0.642. The molecule has 0 spiro atoms. The molecule has 0 aliphatic heterocycles. The lowest BCUT2D eigenvalue weighted by Gasteiger charge is -2.25. The maximum Gasteiger partial charge on any atom is 0.112 e. The van der Waals surface area contributed by atoms with E-state index in [0.29, 0.717) is 6.04 Å². The van der Waals surface area contributed by atoms with Gasteiger partial charge < -0.3 is 4.90 Å². The molecule has 0 saturated heterocycles. The Labute approximate surface area is 135 Å². The lowest BCUT2D eigenvalue weighted by Crippen LogP contribution is -2.25. The average molecular weight is 360 g/mol. The highest BCUT2D eigenvalue weighted by Gasteiger charge is 2.30. The molecule has 21 heavy (non-hydrogen) atoms. The van der Waals surface area contributed by atoms with Gasteiger partial charge >= 0.3 is 0 Å². The number of rotatable bonds is 4. The van der Waals surface area contributed by atoms with Crippen molar-refractivity contribution in [1.29, 1.82) is 0 Å². The fourth-order valence-electron chi connectivity index (χ4n) is 2.59. The van der Waals surface area contributed by atoms with Gasteiger partial charge in [-0.2, -0.15) is 0 Å². The van der Waals surface area contributed by atoms with Crippen molar-refractivity contribution in [3.05, 3.63) is 51.4 Å². The molecule has 106 valence electrons. The van der Waals surface area contributed by atoms with Crippen molar-refractivity contribution < 1.29 is 0 Å². The van der Waals surface area contributed by atoms with E-state index in [4.69, 9.17) is 0 Å². The van der Waals surface area contributed by atoms with Gasteiger partial charge in [0.1, 0.15) is 5.52 Å². The Bertz CT molecular complexity index is 768. The molecule has 0 N–H and O–H groups in total. The lowest BCUT2D eigenvalue weighted by molar-refractivity contribution is 0.805. The molecule has 0 amide bonds. The van der Waals surface area contributed by atoms with Crippen LogP contribution < -0.4 is 4.90 Å². The van der Waals surface area contributed by atoms with Crippen LogP contribution in [0.4, 0.5) is 5.69 Å². The summed E-state index contributed by atoms with van der Waals surface area (Å²) in [7, 11) is 0. The van der Waals surface area contributed by atoms with E-state index in [2.05, 4.69) is 54.4 Å². The van der Waals surface area contributed by atoms with E-state index in [1.54, 1.807) is 0 Å². The first-order valence-electron chi connectivity index (χ1n) is 7.00. The van der Waals surface area contributed by atoms with Gasteiger partial charge in [0, 0.05) is 27.8 Å². The first-order chi connectivity index (χ1) is 10.3. The van der Waals surface area contributed by atoms with E-state index in [9.17, 15) is 0 Å². The van der Waals surface area contributed by atoms with Gasteiger partial charge in [-0.25, -0.2) is 0 Å². The van der Waals surface area contributed by atoms with Gasteiger partial charge in [-0.1, -0.05) is 6.07 Å². The number of thiophene rings is 1. The SMILES string of the molecule is Brc1cnc2c(N(Cc3cccs3)C3CC3)ccnc2c1. The zero-order valence-electron chi connectivity index (χ0n) is 11.4. The van der Waals surface area contributed by atoms with E-state index < -0.39 is 0 Å². The molecule has 0 unspecified atom stereocenters. The number of halogens is 1. The van der Waals surface area contributed by atoms with Gasteiger partial charge in [-0.3, -0.25) is 9.97 Å². The number of nitrogens with zero attached hydrogens (tertiary/aromatic N) is 3. The van der Waals surface area contributed by atoms with Crippen LogP contribution in [0.1, 0.15) is 17.7 Å². The molecule has 3 heterocycles. The third kappa shape index (κ3) is 2.68. The highest BCUT2D eigenvalue weighted by atomic mass is 79.9. The minimum atomic E-state index is 0.642. The molecular formula is C16H14BrN3S. The Morgan fingerprint density at radius 3 is 2.95 bits per heavy atom. The van der Waals surface area contributed by atoms with E-state index in [1.165, 1.54) is 23.4 Å². The van der Waals surface area contributed by atoms with E-state index in [-0.39, 0.29) is 0 Å². The summed E-state index contributed by atoms with van der Waals surface area (Å²) in [5.41, 5.74) is 3.13. The molecule has 3 aromatic rings. The third-order valence-electron chi connectivity index (χ3n) is 3.73. The molecule has 4 rings (SSSR count). The summed E-state index contributed by atoms with van der Waals surface area (Å²) < 4.78 is 0.968. The molecule has 0 aromatic carbocycles. The normalized spacial score (nSPS) is 14.5. The summed E-state index contributed by atoms with van der Waals surface area (Å²) >= 11 is 5.28. The predicted molar refractivity (Wildman–Crippen MR) is 90.8 cm³/mol. The van der Waals surface area contributed by atoms with Crippen LogP contribution in [-0.2, 0) is 6.54 Å². The van der Waals surface area contributed by atoms with E-state index >= 15 is 0 Å². The Kier molecular flexibility index (Phi) is 3.39. The number of aromatic nitrogens is 2. The summed E-state index contributed by atoms with van der Waals surface area (Å²) in [6, 6.07) is 9.08. The molecule has 3 nitrogen and oxygen atoms in total. The molecule has 0 atom stereocenters. The molecular weight excluding hydrogens is 346 g/mol. The van der Waals surface area contributed by atoms with Crippen LogP contribution in [0.15, 0.2) is 46.5 Å². The van der Waals surface area contributed by atoms with E-state index in [0.717, 1.165) is 22.1 Å². The lowest BCUT2D eigenvalue weighted by atomic mass is 10.2. The van der Waals surface area contributed by atoms with Crippen molar-refractivity contribution >= 4 is 44.0 Å². The van der Waals surface area contributed by atoms with Crippen LogP contribution in [0.5, 0.6) is 0 Å². The quantitative estimate of drug-likeness (QED) is 0.680. The first kappa shape index (κ1) is 13.2. The topological polar surface area (TPSA) is 29.0 Å². The third-order valence-corrected chi connectivity index (χ3v) is 5.02. The number of pyridine rings is 2. The van der Waals surface area contributed by atoms with Crippen molar-refractivity contribution in [3.63, 3.8) is 0 Å². The average Bonchev–Trinajstić information content (AvgIpc) is 3.21. The molecule has 5 heteroatoms. The van der Waals surface area contributed by atoms with Crippen molar-refractivity contribution in [3.8, 4) is 0 Å². The summed E-state index contributed by atoms with van der Waals surface area (Å²) in [6.45, 7) is 0.958. The Hall–Kier alpha value is -1.46. The highest BCUT2D eigenvalue weighted by Crippen LogP contribution is 2.36. The van der Waals surface area contributed by atoms with Crippen molar-refractivity contribution in [2.75, 3.05) is 4.90 Å². The van der Waals surface area contributed by atoms with Crippen molar-refractivity contribution in [2.45, 2.75) is 25.4 Å². The van der Waals surface area contributed by atoms with E-state index in [1.807, 2.05) is 29.8 Å². The second-order valence-corrected chi connectivity index (χ2v) is 7.24. The Balaban J connectivity index is 1.78. The smallest absolute Gasteiger partial charge is 0.112 e. The zero-order chi connectivity index (χ0) is 14.2. The van der Waals surface area contributed by atoms with Crippen LogP contribution >= 0.6 is 27.3 Å². The van der Waals surface area contributed by atoms with Crippen LogP contribution in [0, 0.1) is 0 Å². The molecule has 1 fully saturated rings. The molecule has 0 bridgehead atoms. The van der Waals surface area contributed by atoms with Crippen molar-refractivity contribution in [1.82, 2.24) is 9.97 Å². The molecule has 1 saturated carbocycles.